The van der Waals surface area contributed by atoms with Crippen LogP contribution in [0.5, 0.6) is 0 Å². The van der Waals surface area contributed by atoms with Crippen molar-refractivity contribution >= 4 is 18.9 Å². The fourth-order valence-corrected chi connectivity index (χ4v) is 3.58. The van der Waals surface area contributed by atoms with Crippen LogP contribution in [-0.2, 0) is 11.2 Å². The maximum Gasteiger partial charge on any atom is 0.475 e. The first-order chi connectivity index (χ1) is 15.8. The van der Waals surface area contributed by atoms with Crippen molar-refractivity contribution in [3.05, 3.63) is 107 Å². The number of halogens is 1. The molecule has 8 heteroatoms. The van der Waals surface area contributed by atoms with E-state index in [1.54, 1.807) is 36.4 Å². The molecular formula is C25H26BFN2O4. The van der Waals surface area contributed by atoms with Gasteiger partial charge in [0.15, 0.2) is 0 Å². The summed E-state index contributed by atoms with van der Waals surface area (Å²) in [6, 6.07) is 20.9. The van der Waals surface area contributed by atoms with Gasteiger partial charge in [0.25, 0.3) is 5.91 Å². The molecule has 4 N–H and O–H groups in total. The highest BCUT2D eigenvalue weighted by Gasteiger charge is 2.27. The Kier molecular flexibility index (Phi) is 8.35. The van der Waals surface area contributed by atoms with Crippen molar-refractivity contribution in [1.29, 1.82) is 0 Å². The minimum absolute atomic E-state index is 0.209. The third kappa shape index (κ3) is 7.27. The highest BCUT2D eigenvalue weighted by Crippen LogP contribution is 2.19. The van der Waals surface area contributed by atoms with Gasteiger partial charge in [-0.2, -0.15) is 0 Å². The van der Waals surface area contributed by atoms with Crippen LogP contribution in [-0.4, -0.2) is 34.9 Å². The summed E-state index contributed by atoms with van der Waals surface area (Å²) in [5.41, 5.74) is 2.68. The van der Waals surface area contributed by atoms with Gasteiger partial charge in [-0.05, 0) is 48.7 Å². The lowest BCUT2D eigenvalue weighted by molar-refractivity contribution is -0.122. The summed E-state index contributed by atoms with van der Waals surface area (Å²) < 4.78 is 13.8. The summed E-state index contributed by atoms with van der Waals surface area (Å²) >= 11 is 0. The smallest absolute Gasteiger partial charge is 0.426 e. The molecule has 3 rings (SSSR count). The second-order valence-electron chi connectivity index (χ2n) is 7.93. The number of aryl methyl sites for hydroxylation is 1. The molecule has 0 saturated heterocycles. The summed E-state index contributed by atoms with van der Waals surface area (Å²) in [5, 5.41) is 25.0. The average Bonchev–Trinajstić information content (AvgIpc) is 2.78. The van der Waals surface area contributed by atoms with Crippen LogP contribution in [0.15, 0.2) is 78.9 Å². The summed E-state index contributed by atoms with van der Waals surface area (Å²) in [6.45, 7) is 1.92. The van der Waals surface area contributed by atoms with Gasteiger partial charge in [-0.3, -0.25) is 9.59 Å². The van der Waals surface area contributed by atoms with Crippen LogP contribution in [0.4, 0.5) is 4.39 Å². The van der Waals surface area contributed by atoms with Crippen LogP contribution in [0, 0.1) is 12.7 Å². The van der Waals surface area contributed by atoms with E-state index in [0.29, 0.717) is 11.1 Å². The topological polar surface area (TPSA) is 98.7 Å². The minimum Gasteiger partial charge on any atom is -0.426 e. The van der Waals surface area contributed by atoms with Crippen molar-refractivity contribution in [2.75, 3.05) is 0 Å². The predicted molar refractivity (Wildman–Crippen MR) is 125 cm³/mol. The zero-order valence-corrected chi connectivity index (χ0v) is 18.2. The molecular weight excluding hydrogens is 422 g/mol. The number of carbonyl (C=O) groups is 2. The van der Waals surface area contributed by atoms with Crippen LogP contribution in [0.1, 0.15) is 39.5 Å². The van der Waals surface area contributed by atoms with Gasteiger partial charge in [0.05, 0.1) is 18.4 Å². The Bertz CT molecular complexity index is 1090. The Balaban J connectivity index is 1.74. The lowest BCUT2D eigenvalue weighted by Gasteiger charge is -2.22. The van der Waals surface area contributed by atoms with Gasteiger partial charge >= 0.3 is 7.12 Å². The van der Waals surface area contributed by atoms with Gasteiger partial charge in [-0.25, -0.2) is 4.39 Å². The van der Waals surface area contributed by atoms with E-state index in [9.17, 15) is 24.0 Å². The summed E-state index contributed by atoms with van der Waals surface area (Å²) in [4.78, 5) is 25.5. The summed E-state index contributed by atoms with van der Waals surface area (Å²) in [7, 11) is -1.78. The molecule has 0 aliphatic heterocycles. The van der Waals surface area contributed by atoms with Gasteiger partial charge in [0.2, 0.25) is 5.91 Å². The van der Waals surface area contributed by atoms with E-state index < -0.39 is 36.7 Å². The molecule has 2 unspecified atom stereocenters. The standard InChI is InChI=1S/C25H26BFN2O4/c1-17-7-5-8-18(13-17)14-23(26(32)33)29-24(30)16-22(20-11-6-12-21(27)15-20)28-25(31)19-9-3-2-4-10-19/h2-13,15,22-23,32-33H,14,16H2,1H3,(H,28,31)(H,29,30). The number of hydrogen-bond donors (Lipinski definition) is 4. The Morgan fingerprint density at radius 1 is 0.939 bits per heavy atom. The van der Waals surface area contributed by atoms with Gasteiger partial charge < -0.3 is 20.7 Å². The fourth-order valence-electron chi connectivity index (χ4n) is 3.58. The van der Waals surface area contributed by atoms with Crippen molar-refractivity contribution in [2.24, 2.45) is 0 Å². The molecule has 3 aromatic rings. The maximum atomic E-state index is 13.8. The molecule has 0 aliphatic rings. The molecule has 6 nitrogen and oxygen atoms in total. The molecule has 0 aromatic heterocycles. The molecule has 2 amide bonds. The summed E-state index contributed by atoms with van der Waals surface area (Å²) in [5.74, 6) is -2.35. The van der Waals surface area contributed by atoms with Crippen molar-refractivity contribution in [1.82, 2.24) is 10.6 Å². The van der Waals surface area contributed by atoms with E-state index in [1.807, 2.05) is 31.2 Å². The maximum absolute atomic E-state index is 13.8. The molecule has 0 saturated carbocycles. The highest BCUT2D eigenvalue weighted by molar-refractivity contribution is 6.43. The largest absolute Gasteiger partial charge is 0.475 e. The lowest BCUT2D eigenvalue weighted by atomic mass is 9.75. The van der Waals surface area contributed by atoms with Crippen molar-refractivity contribution in [3.63, 3.8) is 0 Å². The normalized spacial score (nSPS) is 12.5. The van der Waals surface area contributed by atoms with Gasteiger partial charge in [0.1, 0.15) is 5.82 Å². The van der Waals surface area contributed by atoms with E-state index in [0.717, 1.165) is 11.1 Å². The molecule has 0 fully saturated rings. The zero-order chi connectivity index (χ0) is 23.8. The first kappa shape index (κ1) is 24.2. The highest BCUT2D eigenvalue weighted by atomic mass is 19.1. The SMILES string of the molecule is Cc1cccc(CC(NC(=O)CC(NC(=O)c2ccccc2)c2cccc(F)c2)B(O)O)c1. The molecule has 0 radical (unpaired) electrons. The first-order valence-corrected chi connectivity index (χ1v) is 10.6. The van der Waals surface area contributed by atoms with Crippen LogP contribution < -0.4 is 10.6 Å². The molecule has 3 aromatic carbocycles. The number of carbonyl (C=O) groups excluding carboxylic acids is 2. The van der Waals surface area contributed by atoms with Gasteiger partial charge in [0, 0.05) is 5.56 Å². The van der Waals surface area contributed by atoms with Crippen molar-refractivity contribution < 1.29 is 24.0 Å². The van der Waals surface area contributed by atoms with E-state index in [1.165, 1.54) is 18.2 Å². The molecule has 0 aliphatic carbocycles. The van der Waals surface area contributed by atoms with Crippen LogP contribution in [0.25, 0.3) is 0 Å². The quantitative estimate of drug-likeness (QED) is 0.379. The van der Waals surface area contributed by atoms with Gasteiger partial charge in [-0.15, -0.1) is 0 Å². The first-order valence-electron chi connectivity index (χ1n) is 10.6. The fraction of sp³-hybridized carbons (Fsp3) is 0.200. The summed E-state index contributed by atoms with van der Waals surface area (Å²) in [6.07, 6.45) is 0.00512. The molecule has 2 atom stereocenters. The lowest BCUT2D eigenvalue weighted by Crippen LogP contribution is -2.48. The van der Waals surface area contributed by atoms with E-state index in [-0.39, 0.29) is 12.8 Å². The van der Waals surface area contributed by atoms with Crippen molar-refractivity contribution in [2.45, 2.75) is 31.7 Å². The van der Waals surface area contributed by atoms with Crippen LogP contribution >= 0.6 is 0 Å². The third-order valence-electron chi connectivity index (χ3n) is 5.23. The molecule has 170 valence electrons. The van der Waals surface area contributed by atoms with E-state index in [2.05, 4.69) is 10.6 Å². The monoisotopic (exact) mass is 448 g/mol. The second-order valence-corrected chi connectivity index (χ2v) is 7.93. The zero-order valence-electron chi connectivity index (χ0n) is 18.2. The van der Waals surface area contributed by atoms with Crippen LogP contribution in [0.3, 0.4) is 0 Å². The van der Waals surface area contributed by atoms with E-state index in [4.69, 9.17) is 0 Å². The number of rotatable bonds is 9. The van der Waals surface area contributed by atoms with Gasteiger partial charge in [-0.1, -0.05) is 60.2 Å². The molecule has 0 bridgehead atoms. The number of hydrogen-bond acceptors (Lipinski definition) is 4. The second kappa shape index (κ2) is 11.4. The van der Waals surface area contributed by atoms with Crippen molar-refractivity contribution in [3.8, 4) is 0 Å². The third-order valence-corrected chi connectivity index (χ3v) is 5.23. The minimum atomic E-state index is -1.78. The molecule has 0 heterocycles. The number of benzene rings is 3. The molecule has 33 heavy (non-hydrogen) atoms. The number of nitrogens with one attached hydrogen (secondary N) is 2. The predicted octanol–water partition coefficient (Wildman–Crippen LogP) is 2.73. The Hall–Kier alpha value is -3.49. The Labute approximate surface area is 192 Å². The van der Waals surface area contributed by atoms with E-state index >= 15 is 0 Å². The Morgan fingerprint density at radius 3 is 2.33 bits per heavy atom. The number of amides is 2. The molecule has 0 spiro atoms. The van der Waals surface area contributed by atoms with Crippen LogP contribution in [0.2, 0.25) is 0 Å². The Morgan fingerprint density at radius 2 is 1.67 bits per heavy atom. The average molecular weight is 448 g/mol.